The summed E-state index contributed by atoms with van der Waals surface area (Å²) in [6.45, 7) is 4.84. The molecule has 0 saturated carbocycles. The van der Waals surface area contributed by atoms with Gasteiger partial charge in [-0.1, -0.05) is 23.7 Å². The van der Waals surface area contributed by atoms with Crippen molar-refractivity contribution in [3.05, 3.63) is 34.9 Å². The summed E-state index contributed by atoms with van der Waals surface area (Å²) in [6, 6.07) is 7.28. The van der Waals surface area contributed by atoms with Gasteiger partial charge in [0.2, 0.25) is 0 Å². The Hall–Kier alpha value is -1.06. The van der Waals surface area contributed by atoms with Gasteiger partial charge in [-0.2, -0.15) is 0 Å². The zero-order valence-electron chi connectivity index (χ0n) is 11.4. The lowest BCUT2D eigenvalue weighted by molar-refractivity contribution is -0.149. The second-order valence-electron chi connectivity index (χ2n) is 5.07. The van der Waals surface area contributed by atoms with Gasteiger partial charge < -0.3 is 9.64 Å². The number of likely N-dealkylation sites (N-methyl/N-ethyl adjacent to an activating group) is 1. The van der Waals surface area contributed by atoms with E-state index in [1.807, 2.05) is 45.0 Å². The maximum absolute atomic E-state index is 12.1. The van der Waals surface area contributed by atoms with E-state index in [1.165, 1.54) is 0 Å². The number of carbonyl (C=O) groups excluding carboxylic acids is 1. The fourth-order valence-corrected chi connectivity index (χ4v) is 1.61. The monoisotopic (exact) mass is 269 g/mol. The molecule has 0 saturated heterocycles. The fraction of sp³-hybridized carbons (Fsp3) is 0.500. The van der Waals surface area contributed by atoms with Crippen molar-refractivity contribution in [2.45, 2.75) is 19.3 Å². The van der Waals surface area contributed by atoms with E-state index in [9.17, 15) is 4.79 Å². The first kappa shape index (κ1) is 15.0. The smallest absolute Gasteiger partial charge is 0.316 e. The number of esters is 1. The Morgan fingerprint density at radius 3 is 2.33 bits per heavy atom. The van der Waals surface area contributed by atoms with Crippen LogP contribution in [0.2, 0.25) is 5.02 Å². The molecule has 1 aromatic carbocycles. The lowest BCUT2D eigenvalue weighted by Gasteiger charge is -2.23. The van der Waals surface area contributed by atoms with Gasteiger partial charge in [0.15, 0.2) is 0 Å². The van der Waals surface area contributed by atoms with Crippen LogP contribution in [0, 0.1) is 0 Å². The Morgan fingerprint density at radius 1 is 1.28 bits per heavy atom. The number of hydrogen-bond donors (Lipinski definition) is 0. The maximum Gasteiger partial charge on any atom is 0.316 e. The van der Waals surface area contributed by atoms with Crippen LogP contribution >= 0.6 is 11.6 Å². The van der Waals surface area contributed by atoms with Crippen LogP contribution in [-0.2, 0) is 14.9 Å². The molecular formula is C14H20ClNO2. The molecule has 18 heavy (non-hydrogen) atoms. The molecule has 0 aliphatic heterocycles. The van der Waals surface area contributed by atoms with Crippen LogP contribution in [-0.4, -0.2) is 38.1 Å². The Kier molecular flexibility index (Phi) is 5.17. The molecule has 0 spiro atoms. The van der Waals surface area contributed by atoms with Gasteiger partial charge in [-0.25, -0.2) is 0 Å². The van der Waals surface area contributed by atoms with Crippen molar-refractivity contribution in [3.63, 3.8) is 0 Å². The highest BCUT2D eigenvalue weighted by Gasteiger charge is 2.31. The van der Waals surface area contributed by atoms with Crippen LogP contribution in [0.1, 0.15) is 19.4 Å². The normalized spacial score (nSPS) is 11.7. The van der Waals surface area contributed by atoms with Crippen LogP contribution in [0.15, 0.2) is 24.3 Å². The van der Waals surface area contributed by atoms with Crippen molar-refractivity contribution in [3.8, 4) is 0 Å². The standard InChI is InChI=1S/C14H20ClNO2/c1-14(2,11-5-7-12(15)8-6-11)13(17)18-10-9-16(3)4/h5-8H,9-10H2,1-4H3. The molecule has 0 radical (unpaired) electrons. The third kappa shape index (κ3) is 4.00. The van der Waals surface area contributed by atoms with E-state index in [4.69, 9.17) is 16.3 Å². The number of benzene rings is 1. The van der Waals surface area contributed by atoms with Gasteiger partial charge >= 0.3 is 5.97 Å². The second kappa shape index (κ2) is 6.21. The summed E-state index contributed by atoms with van der Waals surface area (Å²) in [4.78, 5) is 14.0. The molecule has 0 unspecified atom stereocenters. The average Bonchev–Trinajstić information content (AvgIpc) is 2.28. The summed E-state index contributed by atoms with van der Waals surface area (Å²) < 4.78 is 5.29. The molecule has 0 N–H and O–H groups in total. The van der Waals surface area contributed by atoms with E-state index in [1.54, 1.807) is 12.1 Å². The van der Waals surface area contributed by atoms with Gasteiger partial charge in [-0.05, 0) is 45.6 Å². The number of nitrogens with zero attached hydrogens (tertiary/aromatic N) is 1. The predicted octanol–water partition coefficient (Wildman–Crippen LogP) is 2.72. The van der Waals surface area contributed by atoms with Crippen LogP contribution in [0.3, 0.4) is 0 Å². The first-order valence-electron chi connectivity index (χ1n) is 5.92. The molecule has 3 nitrogen and oxygen atoms in total. The average molecular weight is 270 g/mol. The molecule has 0 fully saturated rings. The third-order valence-electron chi connectivity index (χ3n) is 2.85. The summed E-state index contributed by atoms with van der Waals surface area (Å²) in [7, 11) is 3.89. The van der Waals surface area contributed by atoms with Gasteiger partial charge in [-0.3, -0.25) is 4.79 Å². The predicted molar refractivity (Wildman–Crippen MR) is 74.0 cm³/mol. The second-order valence-corrected chi connectivity index (χ2v) is 5.51. The number of ether oxygens (including phenoxy) is 1. The number of carbonyl (C=O) groups is 1. The van der Waals surface area contributed by atoms with Gasteiger partial charge in [-0.15, -0.1) is 0 Å². The molecule has 4 heteroatoms. The zero-order valence-corrected chi connectivity index (χ0v) is 12.1. The van der Waals surface area contributed by atoms with Gasteiger partial charge in [0.05, 0.1) is 5.41 Å². The largest absolute Gasteiger partial charge is 0.464 e. The van der Waals surface area contributed by atoms with Crippen LogP contribution in [0.5, 0.6) is 0 Å². The molecule has 100 valence electrons. The van der Waals surface area contributed by atoms with Gasteiger partial charge in [0, 0.05) is 11.6 Å². The van der Waals surface area contributed by atoms with Crippen molar-refractivity contribution in [2.24, 2.45) is 0 Å². The fourth-order valence-electron chi connectivity index (χ4n) is 1.49. The Bertz CT molecular complexity index is 399. The highest BCUT2D eigenvalue weighted by atomic mass is 35.5. The molecular weight excluding hydrogens is 250 g/mol. The minimum absolute atomic E-state index is 0.216. The summed E-state index contributed by atoms with van der Waals surface area (Å²) in [6.07, 6.45) is 0. The quantitative estimate of drug-likeness (QED) is 0.770. The number of rotatable bonds is 5. The number of halogens is 1. The molecule has 0 aliphatic carbocycles. The minimum Gasteiger partial charge on any atom is -0.464 e. The molecule has 1 aromatic rings. The lowest BCUT2D eigenvalue weighted by atomic mass is 9.85. The van der Waals surface area contributed by atoms with E-state index in [2.05, 4.69) is 0 Å². The highest BCUT2D eigenvalue weighted by Crippen LogP contribution is 2.26. The molecule has 1 rings (SSSR count). The SMILES string of the molecule is CN(C)CCOC(=O)C(C)(C)c1ccc(Cl)cc1. The zero-order chi connectivity index (χ0) is 13.8. The molecule has 0 amide bonds. The minimum atomic E-state index is -0.656. The first-order valence-corrected chi connectivity index (χ1v) is 6.30. The van der Waals surface area contributed by atoms with Gasteiger partial charge in [0.25, 0.3) is 0 Å². The molecule has 0 aliphatic rings. The van der Waals surface area contributed by atoms with E-state index in [-0.39, 0.29) is 5.97 Å². The van der Waals surface area contributed by atoms with Crippen molar-refractivity contribution < 1.29 is 9.53 Å². The summed E-state index contributed by atoms with van der Waals surface area (Å²) in [5.41, 5.74) is 0.249. The van der Waals surface area contributed by atoms with E-state index >= 15 is 0 Å². The van der Waals surface area contributed by atoms with Crippen molar-refractivity contribution >= 4 is 17.6 Å². The molecule has 0 atom stereocenters. The Morgan fingerprint density at radius 2 is 1.83 bits per heavy atom. The van der Waals surface area contributed by atoms with Crippen molar-refractivity contribution in [1.29, 1.82) is 0 Å². The van der Waals surface area contributed by atoms with Crippen LogP contribution in [0.4, 0.5) is 0 Å². The van der Waals surface area contributed by atoms with Crippen molar-refractivity contribution in [1.82, 2.24) is 4.90 Å². The summed E-state index contributed by atoms with van der Waals surface area (Å²) >= 11 is 5.84. The summed E-state index contributed by atoms with van der Waals surface area (Å²) in [5.74, 6) is -0.216. The third-order valence-corrected chi connectivity index (χ3v) is 3.10. The maximum atomic E-state index is 12.1. The molecule has 0 bridgehead atoms. The van der Waals surface area contributed by atoms with Crippen LogP contribution < -0.4 is 0 Å². The van der Waals surface area contributed by atoms with Crippen molar-refractivity contribution in [2.75, 3.05) is 27.2 Å². The lowest BCUT2D eigenvalue weighted by Crippen LogP contribution is -2.33. The molecule has 0 heterocycles. The van der Waals surface area contributed by atoms with Gasteiger partial charge in [0.1, 0.15) is 6.61 Å². The van der Waals surface area contributed by atoms with Crippen LogP contribution in [0.25, 0.3) is 0 Å². The Labute approximate surface area is 114 Å². The summed E-state index contributed by atoms with van der Waals surface area (Å²) in [5, 5.41) is 0.663. The number of hydrogen-bond acceptors (Lipinski definition) is 3. The van der Waals surface area contributed by atoms with E-state index < -0.39 is 5.41 Å². The highest BCUT2D eigenvalue weighted by molar-refractivity contribution is 6.30. The molecule has 0 aromatic heterocycles. The topological polar surface area (TPSA) is 29.5 Å². The van der Waals surface area contributed by atoms with E-state index in [0.717, 1.165) is 12.1 Å². The van der Waals surface area contributed by atoms with E-state index in [0.29, 0.717) is 11.6 Å². The first-order chi connectivity index (χ1) is 8.34. The Balaban J connectivity index is 2.67.